The number of carbonyl (C=O) groups is 1. The molecule has 2 N–H and O–H groups in total. The average molecular weight is 230 g/mol. The van der Waals surface area contributed by atoms with Gasteiger partial charge in [0, 0.05) is 24.7 Å². The molecule has 2 fully saturated rings. The Bertz CT molecular complexity index is 417. The monoisotopic (exact) mass is 230 g/mol. The lowest BCUT2D eigenvalue weighted by Crippen LogP contribution is -2.33. The van der Waals surface area contributed by atoms with Gasteiger partial charge in [0.05, 0.1) is 0 Å². The van der Waals surface area contributed by atoms with Gasteiger partial charge in [-0.3, -0.25) is 4.79 Å². The Morgan fingerprint density at radius 3 is 2.65 bits per heavy atom. The topological polar surface area (TPSA) is 46.3 Å². The Balaban J connectivity index is 1.73. The van der Waals surface area contributed by atoms with E-state index in [4.69, 9.17) is 5.73 Å². The van der Waals surface area contributed by atoms with Crippen molar-refractivity contribution in [1.29, 1.82) is 0 Å². The van der Waals surface area contributed by atoms with Crippen LogP contribution in [0, 0.1) is 11.8 Å². The number of hydrogen-bond donors (Lipinski definition) is 1. The summed E-state index contributed by atoms with van der Waals surface area (Å²) in [6.07, 6.45) is 2.31. The zero-order chi connectivity index (χ0) is 11.8. The molecule has 1 aliphatic carbocycles. The first kappa shape index (κ1) is 10.8. The van der Waals surface area contributed by atoms with E-state index in [2.05, 4.69) is 0 Å². The van der Waals surface area contributed by atoms with Crippen molar-refractivity contribution < 1.29 is 4.79 Å². The first-order chi connectivity index (χ1) is 8.25. The highest BCUT2D eigenvalue weighted by atomic mass is 16.2. The van der Waals surface area contributed by atoms with Crippen LogP contribution >= 0.6 is 0 Å². The lowest BCUT2D eigenvalue weighted by Gasteiger charge is -2.18. The van der Waals surface area contributed by atoms with E-state index in [9.17, 15) is 4.79 Å². The fraction of sp³-hybridized carbons (Fsp3) is 0.500. The fourth-order valence-electron chi connectivity index (χ4n) is 3.24. The molecule has 1 saturated heterocycles. The van der Waals surface area contributed by atoms with Crippen molar-refractivity contribution in [3.63, 3.8) is 0 Å². The van der Waals surface area contributed by atoms with Crippen LogP contribution in [0.15, 0.2) is 30.3 Å². The third-order valence-corrected chi connectivity index (χ3v) is 4.22. The lowest BCUT2D eigenvalue weighted by atomic mass is 9.98. The number of amides is 1. The quantitative estimate of drug-likeness (QED) is 0.794. The SMILES string of the molecule is NC1CCC2CN(C(=O)c3ccccc3)CC12. The number of fused-ring (bicyclic) bond motifs is 1. The summed E-state index contributed by atoms with van der Waals surface area (Å²) in [5.41, 5.74) is 6.88. The minimum absolute atomic E-state index is 0.159. The smallest absolute Gasteiger partial charge is 0.253 e. The minimum Gasteiger partial charge on any atom is -0.338 e. The molecule has 1 aromatic rings. The van der Waals surface area contributed by atoms with Gasteiger partial charge in [-0.25, -0.2) is 0 Å². The molecule has 1 amide bonds. The second-order valence-electron chi connectivity index (χ2n) is 5.24. The van der Waals surface area contributed by atoms with E-state index in [1.807, 2.05) is 35.2 Å². The van der Waals surface area contributed by atoms with Crippen molar-refractivity contribution in [3.05, 3.63) is 35.9 Å². The second-order valence-corrected chi connectivity index (χ2v) is 5.24. The predicted molar refractivity (Wildman–Crippen MR) is 66.5 cm³/mol. The minimum atomic E-state index is 0.159. The Morgan fingerprint density at radius 2 is 1.94 bits per heavy atom. The number of nitrogens with two attached hydrogens (primary N) is 1. The molecule has 3 heteroatoms. The molecule has 1 saturated carbocycles. The van der Waals surface area contributed by atoms with Crippen molar-refractivity contribution in [2.24, 2.45) is 17.6 Å². The number of nitrogens with zero attached hydrogens (tertiary/aromatic N) is 1. The highest BCUT2D eigenvalue weighted by molar-refractivity contribution is 5.94. The number of likely N-dealkylation sites (tertiary alicyclic amines) is 1. The van der Waals surface area contributed by atoms with E-state index in [1.165, 1.54) is 6.42 Å². The second kappa shape index (κ2) is 4.15. The number of benzene rings is 1. The van der Waals surface area contributed by atoms with Crippen LogP contribution in [0.25, 0.3) is 0 Å². The Labute approximate surface area is 102 Å². The highest BCUT2D eigenvalue weighted by Gasteiger charge is 2.42. The first-order valence-electron chi connectivity index (χ1n) is 6.35. The summed E-state index contributed by atoms with van der Waals surface area (Å²) >= 11 is 0. The maximum atomic E-state index is 12.3. The van der Waals surface area contributed by atoms with Crippen molar-refractivity contribution in [1.82, 2.24) is 4.90 Å². The van der Waals surface area contributed by atoms with Crippen molar-refractivity contribution in [3.8, 4) is 0 Å². The van der Waals surface area contributed by atoms with Gasteiger partial charge < -0.3 is 10.6 Å². The van der Waals surface area contributed by atoms with Crippen LogP contribution in [-0.4, -0.2) is 29.9 Å². The summed E-state index contributed by atoms with van der Waals surface area (Å²) < 4.78 is 0. The molecule has 0 radical (unpaired) electrons. The Morgan fingerprint density at radius 1 is 1.18 bits per heavy atom. The predicted octanol–water partition coefficient (Wildman–Crippen LogP) is 1.50. The molecule has 0 bridgehead atoms. The number of carbonyl (C=O) groups excluding carboxylic acids is 1. The number of rotatable bonds is 1. The molecule has 1 aliphatic heterocycles. The molecule has 90 valence electrons. The fourth-order valence-corrected chi connectivity index (χ4v) is 3.24. The summed E-state index contributed by atoms with van der Waals surface area (Å²) in [4.78, 5) is 14.2. The van der Waals surface area contributed by atoms with Gasteiger partial charge in [0.25, 0.3) is 5.91 Å². The van der Waals surface area contributed by atoms with Gasteiger partial charge in [0.2, 0.25) is 0 Å². The lowest BCUT2D eigenvalue weighted by molar-refractivity contribution is 0.0779. The van der Waals surface area contributed by atoms with Crippen molar-refractivity contribution in [2.45, 2.75) is 18.9 Å². The van der Waals surface area contributed by atoms with Gasteiger partial charge in [-0.2, -0.15) is 0 Å². The molecule has 3 rings (SSSR count). The standard InChI is InChI=1S/C14H18N2O/c15-13-7-6-11-8-16(9-12(11)13)14(17)10-4-2-1-3-5-10/h1-5,11-13H,6-9,15H2. The average Bonchev–Trinajstić information content (AvgIpc) is 2.92. The third kappa shape index (κ3) is 1.84. The summed E-state index contributed by atoms with van der Waals surface area (Å²) in [6, 6.07) is 9.83. The Kier molecular flexibility index (Phi) is 2.63. The molecule has 1 aromatic carbocycles. The van der Waals surface area contributed by atoms with Crippen LogP contribution in [0.3, 0.4) is 0 Å². The van der Waals surface area contributed by atoms with Crippen LogP contribution in [-0.2, 0) is 0 Å². The van der Waals surface area contributed by atoms with E-state index in [-0.39, 0.29) is 5.91 Å². The largest absolute Gasteiger partial charge is 0.338 e. The van der Waals surface area contributed by atoms with Crippen LogP contribution in [0.2, 0.25) is 0 Å². The van der Waals surface area contributed by atoms with Crippen LogP contribution in [0.4, 0.5) is 0 Å². The van der Waals surface area contributed by atoms with Crippen LogP contribution in [0.5, 0.6) is 0 Å². The molecule has 3 unspecified atom stereocenters. The third-order valence-electron chi connectivity index (χ3n) is 4.22. The highest BCUT2D eigenvalue weighted by Crippen LogP contribution is 2.37. The zero-order valence-electron chi connectivity index (χ0n) is 9.88. The normalized spacial score (nSPS) is 31.6. The van der Waals surface area contributed by atoms with Gasteiger partial charge in [-0.1, -0.05) is 18.2 Å². The summed E-state index contributed by atoms with van der Waals surface area (Å²) in [6.45, 7) is 1.74. The van der Waals surface area contributed by atoms with E-state index in [1.54, 1.807) is 0 Å². The molecule has 0 spiro atoms. The molecule has 1 heterocycles. The molecule has 3 nitrogen and oxygen atoms in total. The van der Waals surface area contributed by atoms with E-state index in [0.717, 1.165) is 25.1 Å². The van der Waals surface area contributed by atoms with E-state index < -0.39 is 0 Å². The molecular weight excluding hydrogens is 212 g/mol. The van der Waals surface area contributed by atoms with Gasteiger partial charge in [0.15, 0.2) is 0 Å². The summed E-state index contributed by atoms with van der Waals surface area (Å²) in [5.74, 6) is 1.33. The maximum absolute atomic E-state index is 12.3. The van der Waals surface area contributed by atoms with Crippen molar-refractivity contribution >= 4 is 5.91 Å². The van der Waals surface area contributed by atoms with Gasteiger partial charge >= 0.3 is 0 Å². The molecule has 3 atom stereocenters. The maximum Gasteiger partial charge on any atom is 0.253 e. The molecule has 2 aliphatic rings. The molecule has 17 heavy (non-hydrogen) atoms. The van der Waals surface area contributed by atoms with E-state index in [0.29, 0.717) is 17.9 Å². The summed E-state index contributed by atoms with van der Waals surface area (Å²) in [7, 11) is 0. The van der Waals surface area contributed by atoms with Crippen LogP contribution < -0.4 is 5.73 Å². The van der Waals surface area contributed by atoms with Crippen molar-refractivity contribution in [2.75, 3.05) is 13.1 Å². The Hall–Kier alpha value is -1.35. The van der Waals surface area contributed by atoms with Gasteiger partial charge in [-0.15, -0.1) is 0 Å². The molecular formula is C14H18N2O. The first-order valence-corrected chi connectivity index (χ1v) is 6.35. The van der Waals surface area contributed by atoms with E-state index >= 15 is 0 Å². The summed E-state index contributed by atoms with van der Waals surface area (Å²) in [5, 5.41) is 0. The van der Waals surface area contributed by atoms with Crippen LogP contribution in [0.1, 0.15) is 23.2 Å². The van der Waals surface area contributed by atoms with Gasteiger partial charge in [-0.05, 0) is 36.8 Å². The van der Waals surface area contributed by atoms with Gasteiger partial charge in [0.1, 0.15) is 0 Å². The zero-order valence-corrected chi connectivity index (χ0v) is 9.88. The number of hydrogen-bond acceptors (Lipinski definition) is 2. The molecule has 0 aromatic heterocycles.